The topological polar surface area (TPSA) is 26.0 Å². The number of rotatable bonds is 3. The fourth-order valence-corrected chi connectivity index (χ4v) is 2.84. The Hall–Kier alpha value is -0.830. The smallest absolute Gasteiger partial charge is 0.0661 e. The van der Waals surface area contributed by atoms with Gasteiger partial charge in [-0.25, -0.2) is 0 Å². The lowest BCUT2D eigenvalue weighted by molar-refractivity contribution is 0.891. The fraction of sp³-hybridized carbons (Fsp3) is 0.231. The van der Waals surface area contributed by atoms with Gasteiger partial charge in [-0.1, -0.05) is 42.8 Å². The lowest BCUT2D eigenvalue weighted by Crippen LogP contribution is -2.10. The Morgan fingerprint density at radius 2 is 1.94 bits per heavy atom. The first-order chi connectivity index (χ1) is 7.72. The highest BCUT2D eigenvalue weighted by molar-refractivity contribution is 7.10. The third-order valence-electron chi connectivity index (χ3n) is 2.67. The summed E-state index contributed by atoms with van der Waals surface area (Å²) in [5, 5.41) is 2.73. The Balaban J connectivity index is 2.27. The van der Waals surface area contributed by atoms with Gasteiger partial charge in [-0.15, -0.1) is 11.3 Å². The van der Waals surface area contributed by atoms with E-state index >= 15 is 0 Å². The summed E-state index contributed by atoms with van der Waals surface area (Å²) in [6.45, 7) is 2.14. The molecule has 1 unspecified atom stereocenters. The molecule has 0 spiro atoms. The molecule has 84 valence electrons. The minimum Gasteiger partial charge on any atom is -0.320 e. The maximum absolute atomic E-state index is 6.18. The molecule has 0 fully saturated rings. The van der Waals surface area contributed by atoms with E-state index in [4.69, 9.17) is 17.3 Å². The van der Waals surface area contributed by atoms with Crippen molar-refractivity contribution in [2.24, 2.45) is 5.73 Å². The lowest BCUT2D eigenvalue weighted by Gasteiger charge is -2.11. The number of hydrogen-bond donors (Lipinski definition) is 1. The molecule has 0 saturated heterocycles. The number of nitrogens with two attached hydrogens (primary N) is 1. The van der Waals surface area contributed by atoms with Gasteiger partial charge in [-0.05, 0) is 29.0 Å². The van der Waals surface area contributed by atoms with Crippen molar-refractivity contribution < 1.29 is 0 Å². The second-order valence-electron chi connectivity index (χ2n) is 3.71. The number of hydrogen-bond acceptors (Lipinski definition) is 2. The van der Waals surface area contributed by atoms with Gasteiger partial charge in [0.15, 0.2) is 0 Å². The monoisotopic (exact) mass is 251 g/mol. The molecule has 0 amide bonds. The van der Waals surface area contributed by atoms with E-state index in [2.05, 4.69) is 31.2 Å². The van der Waals surface area contributed by atoms with Crippen LogP contribution in [0.2, 0.25) is 5.02 Å². The van der Waals surface area contributed by atoms with Crippen molar-refractivity contribution in [1.29, 1.82) is 0 Å². The molecule has 1 aromatic heterocycles. The van der Waals surface area contributed by atoms with Crippen LogP contribution in [0, 0.1) is 0 Å². The van der Waals surface area contributed by atoms with E-state index in [1.807, 2.05) is 11.4 Å². The third-order valence-corrected chi connectivity index (χ3v) is 4.12. The molecule has 1 heterocycles. The van der Waals surface area contributed by atoms with Crippen molar-refractivity contribution in [3.05, 3.63) is 56.7 Å². The van der Waals surface area contributed by atoms with Gasteiger partial charge in [-0.3, -0.25) is 0 Å². The first-order valence-corrected chi connectivity index (χ1v) is 6.55. The summed E-state index contributed by atoms with van der Waals surface area (Å²) in [7, 11) is 0. The minimum atomic E-state index is -0.113. The van der Waals surface area contributed by atoms with Crippen LogP contribution < -0.4 is 5.73 Å². The summed E-state index contributed by atoms with van der Waals surface area (Å²) in [5.41, 5.74) is 8.62. The van der Waals surface area contributed by atoms with Gasteiger partial charge in [0.25, 0.3) is 0 Å². The normalized spacial score (nSPS) is 12.7. The van der Waals surface area contributed by atoms with Gasteiger partial charge < -0.3 is 5.73 Å². The van der Waals surface area contributed by atoms with Crippen LogP contribution in [0.5, 0.6) is 0 Å². The Morgan fingerprint density at radius 1 is 1.25 bits per heavy atom. The molecule has 1 nitrogen and oxygen atoms in total. The standard InChI is InChI=1S/C13H14ClNS/c1-2-9-3-5-10(6-4-9)12(15)13-11(14)7-8-16-13/h3-8,12H,2,15H2,1H3. The van der Waals surface area contributed by atoms with Gasteiger partial charge >= 0.3 is 0 Å². The zero-order valence-electron chi connectivity index (χ0n) is 9.11. The lowest BCUT2D eigenvalue weighted by atomic mass is 10.0. The van der Waals surface area contributed by atoms with E-state index in [1.165, 1.54) is 5.56 Å². The molecule has 2 aromatic rings. The molecule has 0 aliphatic rings. The van der Waals surface area contributed by atoms with Crippen molar-refractivity contribution in [3.63, 3.8) is 0 Å². The zero-order chi connectivity index (χ0) is 11.5. The van der Waals surface area contributed by atoms with Crippen LogP contribution in [-0.4, -0.2) is 0 Å². The van der Waals surface area contributed by atoms with Crippen LogP contribution in [0.4, 0.5) is 0 Å². The molecule has 1 atom stereocenters. The minimum absolute atomic E-state index is 0.113. The van der Waals surface area contributed by atoms with Crippen molar-refractivity contribution >= 4 is 22.9 Å². The summed E-state index contributed by atoms with van der Waals surface area (Å²) >= 11 is 7.68. The predicted molar refractivity (Wildman–Crippen MR) is 71.2 cm³/mol. The van der Waals surface area contributed by atoms with Gasteiger partial charge in [0.2, 0.25) is 0 Å². The van der Waals surface area contributed by atoms with E-state index < -0.39 is 0 Å². The van der Waals surface area contributed by atoms with Crippen LogP contribution in [0.3, 0.4) is 0 Å². The maximum Gasteiger partial charge on any atom is 0.0661 e. The predicted octanol–water partition coefficient (Wildman–Crippen LogP) is 4.01. The molecule has 1 aromatic carbocycles. The summed E-state index contributed by atoms with van der Waals surface area (Å²) in [6, 6.07) is 10.2. The quantitative estimate of drug-likeness (QED) is 0.876. The molecule has 3 heteroatoms. The second-order valence-corrected chi connectivity index (χ2v) is 5.06. The average molecular weight is 252 g/mol. The van der Waals surface area contributed by atoms with Gasteiger partial charge in [0.1, 0.15) is 0 Å². The van der Waals surface area contributed by atoms with E-state index in [1.54, 1.807) is 11.3 Å². The van der Waals surface area contributed by atoms with Crippen LogP contribution in [0.1, 0.15) is 29.0 Å². The molecule has 0 saturated carbocycles. The SMILES string of the molecule is CCc1ccc(C(N)c2sccc2Cl)cc1. The second kappa shape index (κ2) is 5.00. The number of halogens is 1. The highest BCUT2D eigenvalue weighted by Crippen LogP contribution is 2.31. The van der Waals surface area contributed by atoms with E-state index in [9.17, 15) is 0 Å². The summed E-state index contributed by atoms with van der Waals surface area (Å²) in [6.07, 6.45) is 1.05. The molecule has 0 aliphatic heterocycles. The molecule has 0 radical (unpaired) electrons. The molecular formula is C13H14ClNS. The first-order valence-electron chi connectivity index (χ1n) is 5.29. The van der Waals surface area contributed by atoms with Gasteiger partial charge in [0, 0.05) is 4.88 Å². The van der Waals surface area contributed by atoms with Crippen LogP contribution in [-0.2, 0) is 6.42 Å². The van der Waals surface area contributed by atoms with Crippen molar-refractivity contribution in [3.8, 4) is 0 Å². The van der Waals surface area contributed by atoms with Crippen molar-refractivity contribution in [1.82, 2.24) is 0 Å². The highest BCUT2D eigenvalue weighted by Gasteiger charge is 2.13. The van der Waals surface area contributed by atoms with E-state index in [0.717, 1.165) is 21.9 Å². The molecule has 0 aliphatic carbocycles. The molecular weight excluding hydrogens is 238 g/mol. The highest BCUT2D eigenvalue weighted by atomic mass is 35.5. The molecule has 2 N–H and O–H groups in total. The molecule has 0 bridgehead atoms. The van der Waals surface area contributed by atoms with Gasteiger partial charge in [-0.2, -0.15) is 0 Å². The van der Waals surface area contributed by atoms with E-state index in [0.29, 0.717) is 0 Å². The zero-order valence-corrected chi connectivity index (χ0v) is 10.7. The Bertz CT molecular complexity index is 461. The third kappa shape index (κ3) is 2.29. The number of thiophene rings is 1. The number of benzene rings is 1. The maximum atomic E-state index is 6.18. The Kier molecular flexibility index (Phi) is 3.64. The average Bonchev–Trinajstić information content (AvgIpc) is 2.75. The number of aryl methyl sites for hydroxylation is 1. The summed E-state index contributed by atoms with van der Waals surface area (Å²) in [4.78, 5) is 1.03. The van der Waals surface area contributed by atoms with Crippen LogP contribution in [0.25, 0.3) is 0 Å². The van der Waals surface area contributed by atoms with Crippen molar-refractivity contribution in [2.45, 2.75) is 19.4 Å². The van der Waals surface area contributed by atoms with E-state index in [-0.39, 0.29) is 6.04 Å². The summed E-state index contributed by atoms with van der Waals surface area (Å²) < 4.78 is 0. The van der Waals surface area contributed by atoms with Crippen LogP contribution in [0.15, 0.2) is 35.7 Å². The Labute approximate surface area is 105 Å². The Morgan fingerprint density at radius 3 is 2.44 bits per heavy atom. The molecule has 16 heavy (non-hydrogen) atoms. The largest absolute Gasteiger partial charge is 0.320 e. The molecule has 2 rings (SSSR count). The van der Waals surface area contributed by atoms with Gasteiger partial charge in [0.05, 0.1) is 11.1 Å². The first kappa shape index (κ1) is 11.6. The van der Waals surface area contributed by atoms with Crippen molar-refractivity contribution in [2.75, 3.05) is 0 Å². The fourth-order valence-electron chi connectivity index (χ4n) is 1.64. The summed E-state index contributed by atoms with van der Waals surface area (Å²) in [5.74, 6) is 0. The van der Waals surface area contributed by atoms with Crippen LogP contribution >= 0.6 is 22.9 Å².